The summed E-state index contributed by atoms with van der Waals surface area (Å²) < 4.78 is 0. The molecule has 0 aliphatic rings. The standard InChI is InChI=1S/C15H18N2O/c1-12(14-8-5-9-16-10-14)17-11-15(18)13-6-3-2-4-7-13/h2-10,12,15,17-18H,11H2,1H3/t12-,15?/m1/s1. The van der Waals surface area contributed by atoms with Crippen molar-refractivity contribution in [2.45, 2.75) is 19.1 Å². The van der Waals surface area contributed by atoms with Crippen LogP contribution >= 0.6 is 0 Å². The van der Waals surface area contributed by atoms with E-state index in [0.717, 1.165) is 11.1 Å². The first-order valence-electron chi connectivity index (χ1n) is 6.13. The van der Waals surface area contributed by atoms with Gasteiger partial charge in [0.15, 0.2) is 0 Å². The third-order valence-corrected chi connectivity index (χ3v) is 2.99. The summed E-state index contributed by atoms with van der Waals surface area (Å²) in [4.78, 5) is 4.09. The van der Waals surface area contributed by atoms with Crippen LogP contribution in [0.2, 0.25) is 0 Å². The van der Waals surface area contributed by atoms with Crippen molar-refractivity contribution in [3.8, 4) is 0 Å². The minimum absolute atomic E-state index is 0.178. The topological polar surface area (TPSA) is 45.1 Å². The van der Waals surface area contributed by atoms with Gasteiger partial charge in [0.1, 0.15) is 0 Å². The Morgan fingerprint density at radius 3 is 2.50 bits per heavy atom. The summed E-state index contributed by atoms with van der Waals surface area (Å²) >= 11 is 0. The van der Waals surface area contributed by atoms with Crippen molar-refractivity contribution in [2.24, 2.45) is 0 Å². The Kier molecular flexibility index (Phi) is 4.45. The Labute approximate surface area is 108 Å². The summed E-state index contributed by atoms with van der Waals surface area (Å²) in [6.45, 7) is 2.59. The van der Waals surface area contributed by atoms with E-state index in [1.165, 1.54) is 0 Å². The predicted octanol–water partition coefficient (Wildman–Crippen LogP) is 2.47. The minimum Gasteiger partial charge on any atom is -0.387 e. The van der Waals surface area contributed by atoms with Gasteiger partial charge in [0.2, 0.25) is 0 Å². The van der Waals surface area contributed by atoms with E-state index in [0.29, 0.717) is 6.54 Å². The van der Waals surface area contributed by atoms with Crippen LogP contribution in [0.15, 0.2) is 54.9 Å². The summed E-state index contributed by atoms with van der Waals surface area (Å²) in [5, 5.41) is 13.3. The number of nitrogens with zero attached hydrogens (tertiary/aromatic N) is 1. The minimum atomic E-state index is -0.481. The number of pyridine rings is 1. The molecule has 0 amide bonds. The molecular formula is C15H18N2O. The van der Waals surface area contributed by atoms with Crippen LogP contribution < -0.4 is 5.32 Å². The second-order valence-corrected chi connectivity index (χ2v) is 4.34. The fourth-order valence-corrected chi connectivity index (χ4v) is 1.83. The van der Waals surface area contributed by atoms with Gasteiger partial charge in [-0.05, 0) is 24.1 Å². The molecule has 0 aliphatic heterocycles. The number of aliphatic hydroxyl groups excluding tert-OH is 1. The molecule has 3 nitrogen and oxygen atoms in total. The van der Waals surface area contributed by atoms with E-state index in [1.54, 1.807) is 6.20 Å². The molecule has 2 atom stereocenters. The molecule has 0 bridgehead atoms. The molecule has 1 aromatic carbocycles. The Morgan fingerprint density at radius 1 is 1.11 bits per heavy atom. The molecule has 18 heavy (non-hydrogen) atoms. The molecule has 0 spiro atoms. The van der Waals surface area contributed by atoms with E-state index in [2.05, 4.69) is 17.2 Å². The molecule has 0 aliphatic carbocycles. The maximum Gasteiger partial charge on any atom is 0.0914 e. The van der Waals surface area contributed by atoms with E-state index in [9.17, 15) is 5.11 Å². The van der Waals surface area contributed by atoms with Gasteiger partial charge in [0.25, 0.3) is 0 Å². The van der Waals surface area contributed by atoms with E-state index in [-0.39, 0.29) is 6.04 Å². The van der Waals surface area contributed by atoms with E-state index in [4.69, 9.17) is 0 Å². The molecule has 0 saturated carbocycles. The molecule has 0 saturated heterocycles. The summed E-state index contributed by atoms with van der Waals surface area (Å²) in [6.07, 6.45) is 3.12. The van der Waals surface area contributed by atoms with Crippen molar-refractivity contribution in [3.63, 3.8) is 0 Å². The summed E-state index contributed by atoms with van der Waals surface area (Å²) in [6, 6.07) is 13.8. The van der Waals surface area contributed by atoms with Crippen LogP contribution in [0.1, 0.15) is 30.2 Å². The van der Waals surface area contributed by atoms with Gasteiger partial charge in [-0.15, -0.1) is 0 Å². The molecule has 1 heterocycles. The van der Waals surface area contributed by atoms with Crippen molar-refractivity contribution in [1.29, 1.82) is 0 Å². The molecule has 2 aromatic rings. The summed E-state index contributed by atoms with van der Waals surface area (Å²) in [5.41, 5.74) is 2.06. The summed E-state index contributed by atoms with van der Waals surface area (Å²) in [5.74, 6) is 0. The average molecular weight is 242 g/mol. The third-order valence-electron chi connectivity index (χ3n) is 2.99. The number of hydrogen-bond acceptors (Lipinski definition) is 3. The Balaban J connectivity index is 1.89. The van der Waals surface area contributed by atoms with Crippen molar-refractivity contribution >= 4 is 0 Å². The smallest absolute Gasteiger partial charge is 0.0914 e. The predicted molar refractivity (Wildman–Crippen MR) is 72.1 cm³/mol. The molecule has 1 aromatic heterocycles. The normalized spacial score (nSPS) is 14.1. The Bertz CT molecular complexity index is 413. The second kappa shape index (κ2) is 6.28. The Hall–Kier alpha value is -1.71. The lowest BCUT2D eigenvalue weighted by molar-refractivity contribution is 0.171. The van der Waals surface area contributed by atoms with Crippen molar-refractivity contribution in [3.05, 3.63) is 66.0 Å². The quantitative estimate of drug-likeness (QED) is 0.846. The molecule has 2 rings (SSSR count). The molecule has 3 heteroatoms. The number of benzene rings is 1. The molecule has 1 unspecified atom stereocenters. The van der Waals surface area contributed by atoms with Crippen LogP contribution in [0.3, 0.4) is 0 Å². The highest BCUT2D eigenvalue weighted by atomic mass is 16.3. The molecular weight excluding hydrogens is 224 g/mol. The fourth-order valence-electron chi connectivity index (χ4n) is 1.83. The highest BCUT2D eigenvalue weighted by Crippen LogP contribution is 2.14. The van der Waals surface area contributed by atoms with Crippen molar-refractivity contribution in [2.75, 3.05) is 6.54 Å². The van der Waals surface area contributed by atoms with Gasteiger partial charge in [-0.3, -0.25) is 4.98 Å². The van der Waals surface area contributed by atoms with Gasteiger partial charge in [-0.2, -0.15) is 0 Å². The summed E-state index contributed by atoms with van der Waals surface area (Å²) in [7, 11) is 0. The lowest BCUT2D eigenvalue weighted by atomic mass is 10.1. The van der Waals surface area contributed by atoms with Crippen LogP contribution in [0.4, 0.5) is 0 Å². The van der Waals surface area contributed by atoms with Crippen LogP contribution in [-0.2, 0) is 0 Å². The van der Waals surface area contributed by atoms with Crippen LogP contribution in [0.5, 0.6) is 0 Å². The van der Waals surface area contributed by atoms with E-state index >= 15 is 0 Å². The zero-order valence-electron chi connectivity index (χ0n) is 10.5. The second-order valence-electron chi connectivity index (χ2n) is 4.34. The first kappa shape index (κ1) is 12.7. The van der Waals surface area contributed by atoms with Crippen LogP contribution in [0, 0.1) is 0 Å². The van der Waals surface area contributed by atoms with Gasteiger partial charge in [0, 0.05) is 25.0 Å². The van der Waals surface area contributed by atoms with Gasteiger partial charge in [0.05, 0.1) is 6.10 Å². The highest BCUT2D eigenvalue weighted by Gasteiger charge is 2.09. The molecule has 94 valence electrons. The highest BCUT2D eigenvalue weighted by molar-refractivity contribution is 5.18. The first-order chi connectivity index (χ1) is 8.77. The molecule has 2 N–H and O–H groups in total. The maximum atomic E-state index is 10.0. The first-order valence-corrected chi connectivity index (χ1v) is 6.13. The van der Waals surface area contributed by atoms with Gasteiger partial charge >= 0.3 is 0 Å². The lowest BCUT2D eigenvalue weighted by Crippen LogP contribution is -2.24. The lowest BCUT2D eigenvalue weighted by Gasteiger charge is -2.17. The molecule has 0 fully saturated rings. The van der Waals surface area contributed by atoms with E-state index in [1.807, 2.05) is 48.7 Å². The average Bonchev–Trinajstić information content (AvgIpc) is 2.46. The number of rotatable bonds is 5. The third kappa shape index (κ3) is 3.39. The maximum absolute atomic E-state index is 10.0. The Morgan fingerprint density at radius 2 is 1.83 bits per heavy atom. The van der Waals surface area contributed by atoms with Gasteiger partial charge in [-0.1, -0.05) is 36.4 Å². The zero-order valence-corrected chi connectivity index (χ0v) is 10.5. The van der Waals surface area contributed by atoms with Crippen molar-refractivity contribution in [1.82, 2.24) is 10.3 Å². The van der Waals surface area contributed by atoms with Gasteiger partial charge in [-0.25, -0.2) is 0 Å². The van der Waals surface area contributed by atoms with Crippen molar-refractivity contribution < 1.29 is 5.11 Å². The van der Waals surface area contributed by atoms with Gasteiger partial charge < -0.3 is 10.4 Å². The fraction of sp³-hybridized carbons (Fsp3) is 0.267. The largest absolute Gasteiger partial charge is 0.387 e. The number of aliphatic hydroxyl groups is 1. The molecule has 0 radical (unpaired) electrons. The zero-order chi connectivity index (χ0) is 12.8. The monoisotopic (exact) mass is 242 g/mol. The van der Waals surface area contributed by atoms with Crippen LogP contribution in [0.25, 0.3) is 0 Å². The number of nitrogens with one attached hydrogen (secondary N) is 1. The van der Waals surface area contributed by atoms with Crippen LogP contribution in [-0.4, -0.2) is 16.6 Å². The number of aromatic nitrogens is 1. The number of hydrogen-bond donors (Lipinski definition) is 2. The van der Waals surface area contributed by atoms with E-state index < -0.39 is 6.10 Å². The SMILES string of the molecule is C[C@@H](NCC(O)c1ccccc1)c1cccnc1.